The summed E-state index contributed by atoms with van der Waals surface area (Å²) in [7, 11) is 0. The third-order valence-electron chi connectivity index (χ3n) is 9.33. The van der Waals surface area contributed by atoms with E-state index in [0.717, 1.165) is 10.6 Å². The van der Waals surface area contributed by atoms with Crippen LogP contribution in [0, 0.1) is 0 Å². The Kier molecular flexibility index (Phi) is 13.9. The van der Waals surface area contributed by atoms with Gasteiger partial charge in [0, 0.05) is 18.8 Å². The van der Waals surface area contributed by atoms with Gasteiger partial charge in [0.2, 0.25) is 3.79 Å². The number of fused-ring (bicyclic) bond motifs is 2. The van der Waals surface area contributed by atoms with Crippen molar-refractivity contribution in [2.75, 3.05) is 13.2 Å². The van der Waals surface area contributed by atoms with Crippen molar-refractivity contribution in [1.82, 2.24) is 20.2 Å². The van der Waals surface area contributed by atoms with E-state index in [1.807, 2.05) is 13.8 Å². The number of H-pyrrole nitrogens is 1. The van der Waals surface area contributed by atoms with Gasteiger partial charge in [-0.3, -0.25) is 14.3 Å². The molecule has 0 spiro atoms. The van der Waals surface area contributed by atoms with Crippen LogP contribution in [-0.4, -0.2) is 122 Å². The maximum absolute atomic E-state index is 14.3. The number of rotatable bonds is 12. The number of aromatic amines is 1. The Morgan fingerprint density at radius 3 is 2.09 bits per heavy atom. The molecular formula is C36H53Cl3N4O15. The number of alkyl carbamates (subject to hydrolysis) is 2. The fraction of sp³-hybridized carbons (Fsp3) is 0.806. The molecule has 1 aromatic rings. The minimum absolute atomic E-state index is 0.0997. The van der Waals surface area contributed by atoms with Crippen LogP contribution in [0.4, 0.5) is 9.59 Å². The van der Waals surface area contributed by atoms with E-state index >= 15 is 0 Å². The van der Waals surface area contributed by atoms with Crippen LogP contribution in [0.1, 0.15) is 88.3 Å². The maximum atomic E-state index is 14.3. The van der Waals surface area contributed by atoms with Crippen molar-refractivity contribution in [3.8, 4) is 0 Å². The van der Waals surface area contributed by atoms with Crippen LogP contribution >= 0.6 is 34.8 Å². The van der Waals surface area contributed by atoms with E-state index in [2.05, 4.69) is 15.6 Å². The van der Waals surface area contributed by atoms with Crippen molar-refractivity contribution in [3.63, 3.8) is 0 Å². The normalized spacial score (nSPS) is 29.9. The van der Waals surface area contributed by atoms with Crippen molar-refractivity contribution >= 4 is 53.0 Å². The van der Waals surface area contributed by atoms with Gasteiger partial charge in [-0.15, -0.1) is 0 Å². The van der Waals surface area contributed by atoms with Crippen LogP contribution in [0.3, 0.4) is 0 Å². The van der Waals surface area contributed by atoms with Crippen molar-refractivity contribution in [2.24, 2.45) is 0 Å². The molecule has 4 fully saturated rings. The lowest BCUT2D eigenvalue weighted by Gasteiger charge is -2.37. The predicted octanol–water partition coefficient (Wildman–Crippen LogP) is 3.70. The minimum Gasteiger partial charge on any atom is -0.458 e. The lowest BCUT2D eigenvalue weighted by molar-refractivity contribution is -0.275. The van der Waals surface area contributed by atoms with Crippen molar-refractivity contribution in [2.45, 2.75) is 170 Å². The molecule has 5 rings (SSSR count). The molecular weight excluding hydrogens is 835 g/mol. The Morgan fingerprint density at radius 2 is 1.50 bits per heavy atom. The number of nitrogens with zero attached hydrogens (tertiary/aromatic N) is 1. The average Bonchev–Trinajstić information content (AvgIpc) is 3.80. The van der Waals surface area contributed by atoms with Gasteiger partial charge in [0.15, 0.2) is 30.1 Å². The van der Waals surface area contributed by atoms with Gasteiger partial charge in [-0.1, -0.05) is 48.7 Å². The summed E-state index contributed by atoms with van der Waals surface area (Å²) in [4.78, 5) is 67.7. The minimum atomic E-state index is -2.01. The molecule has 10 atom stereocenters. The summed E-state index contributed by atoms with van der Waals surface area (Å²) in [5.41, 5.74) is -3.36. The van der Waals surface area contributed by atoms with Crippen molar-refractivity contribution < 1.29 is 61.8 Å². The van der Waals surface area contributed by atoms with Crippen molar-refractivity contribution in [3.05, 3.63) is 33.1 Å². The Balaban J connectivity index is 1.58. The predicted molar refractivity (Wildman–Crippen MR) is 204 cm³/mol. The SMILES string of the molecule is CCC1(CC)O[C@H]2[C@H](OC([C@H](NC(=O)OCC(Cl)(Cl)Cl)C(=O)OC(C)(C)C)[C@H]3O[C@@H](n4ccc(=O)[nH]c4=O)[C@@H]4OC(C)(C)O[C@@H]43)O[C@H](CNC(=O)OC(C)(C)C)[C@H]2O1. The molecule has 0 radical (unpaired) electrons. The van der Waals surface area contributed by atoms with Gasteiger partial charge < -0.3 is 58.0 Å². The fourth-order valence-electron chi connectivity index (χ4n) is 7.02. The number of hydrogen-bond acceptors (Lipinski definition) is 15. The summed E-state index contributed by atoms with van der Waals surface area (Å²) < 4.78 is 60.6. The first kappa shape index (κ1) is 46.3. The Morgan fingerprint density at radius 1 is 0.879 bits per heavy atom. The lowest BCUT2D eigenvalue weighted by atomic mass is 9.98. The number of nitrogens with one attached hydrogen (secondary N) is 3. The third kappa shape index (κ3) is 11.3. The van der Waals surface area contributed by atoms with E-state index in [9.17, 15) is 24.0 Å². The smallest absolute Gasteiger partial charge is 0.408 e. The van der Waals surface area contributed by atoms with Crippen LogP contribution < -0.4 is 21.9 Å². The van der Waals surface area contributed by atoms with Gasteiger partial charge in [0.25, 0.3) is 5.56 Å². The molecule has 19 nitrogen and oxygen atoms in total. The molecule has 4 aliphatic heterocycles. The van der Waals surface area contributed by atoms with Crippen LogP contribution in [0.25, 0.3) is 0 Å². The Hall–Kier alpha value is -2.72. The highest BCUT2D eigenvalue weighted by atomic mass is 35.6. The molecule has 4 aliphatic rings. The summed E-state index contributed by atoms with van der Waals surface area (Å²) in [5.74, 6) is -3.34. The number of alkyl halides is 3. The van der Waals surface area contributed by atoms with E-state index in [1.54, 1.807) is 55.4 Å². The highest BCUT2D eigenvalue weighted by Crippen LogP contribution is 2.47. The largest absolute Gasteiger partial charge is 0.458 e. The summed E-state index contributed by atoms with van der Waals surface area (Å²) in [6.07, 6.45) is -10.2. The zero-order chi connectivity index (χ0) is 43.2. The molecule has 2 amide bonds. The summed E-state index contributed by atoms with van der Waals surface area (Å²) >= 11 is 17.5. The van der Waals surface area contributed by atoms with Crippen LogP contribution in [0.5, 0.6) is 0 Å². The topological polar surface area (TPSA) is 222 Å². The molecule has 0 aliphatic carbocycles. The zero-order valence-electron chi connectivity index (χ0n) is 34.0. The fourth-order valence-corrected chi connectivity index (χ4v) is 7.18. The number of halogens is 3. The lowest BCUT2D eigenvalue weighted by Crippen LogP contribution is -2.59. The van der Waals surface area contributed by atoms with Crippen LogP contribution in [0.2, 0.25) is 0 Å². The Labute approximate surface area is 350 Å². The number of amides is 2. The summed E-state index contributed by atoms with van der Waals surface area (Å²) in [5, 5.41) is 5.18. The van der Waals surface area contributed by atoms with Gasteiger partial charge >= 0.3 is 23.8 Å². The average molecular weight is 888 g/mol. The second-order valence-corrected chi connectivity index (χ2v) is 19.2. The number of aromatic nitrogens is 2. The standard InChI is InChI=1S/C36H53Cl3N4O15/c1-11-35(12-2)55-20-17(15-40-30(47)58-33(6,7)8)50-28(25(20)56-35)52-21(19(27(45)57-32(3,4)5)42-31(48)49-16-36(37,38)39)22-23-24(54-34(9,10)53-23)26(51-22)43-14-13-18(44)41-29(43)46/h13-14,17,19-26,28H,11-12,15-16H2,1-10H3,(H,40,47)(H,42,48)(H,41,44,46)/t17-,19+,20-,21?,22-,23-,24-,25-,26-,28+/m1/s1. The molecule has 58 heavy (non-hydrogen) atoms. The van der Waals surface area contributed by atoms with Crippen LogP contribution in [-0.2, 0) is 52.2 Å². The van der Waals surface area contributed by atoms with Gasteiger partial charge in [-0.25, -0.2) is 19.2 Å². The van der Waals surface area contributed by atoms with Crippen molar-refractivity contribution in [1.29, 1.82) is 0 Å². The first-order valence-electron chi connectivity index (χ1n) is 18.9. The second-order valence-electron chi connectivity index (χ2n) is 16.7. The van der Waals surface area contributed by atoms with Crippen LogP contribution in [0.15, 0.2) is 21.9 Å². The molecule has 3 N–H and O–H groups in total. The maximum Gasteiger partial charge on any atom is 0.408 e. The highest BCUT2D eigenvalue weighted by molar-refractivity contribution is 6.67. The molecule has 0 aromatic carbocycles. The second kappa shape index (κ2) is 17.3. The molecule has 4 saturated heterocycles. The van der Waals surface area contributed by atoms with Gasteiger partial charge in [0.1, 0.15) is 60.5 Å². The quantitative estimate of drug-likeness (QED) is 0.155. The number of hydrogen-bond donors (Lipinski definition) is 3. The van der Waals surface area contributed by atoms with Gasteiger partial charge in [-0.05, 0) is 68.2 Å². The zero-order valence-corrected chi connectivity index (χ0v) is 36.2. The third-order valence-corrected chi connectivity index (χ3v) is 9.66. The monoisotopic (exact) mass is 886 g/mol. The number of ether oxygens (including phenoxy) is 10. The molecule has 1 unspecified atom stereocenters. The van der Waals surface area contributed by atoms with E-state index in [1.165, 1.54) is 6.20 Å². The van der Waals surface area contributed by atoms with E-state index in [-0.39, 0.29) is 6.54 Å². The van der Waals surface area contributed by atoms with E-state index in [0.29, 0.717) is 12.8 Å². The molecule has 0 saturated carbocycles. The van der Waals surface area contributed by atoms with Gasteiger partial charge in [-0.2, -0.15) is 0 Å². The molecule has 1 aromatic heterocycles. The first-order chi connectivity index (χ1) is 26.7. The molecule has 22 heteroatoms. The molecule has 328 valence electrons. The highest BCUT2D eigenvalue weighted by Gasteiger charge is 2.63. The Bertz CT molecular complexity index is 1770. The van der Waals surface area contributed by atoms with Gasteiger partial charge in [0.05, 0.1) is 0 Å². The molecule has 0 bridgehead atoms. The molecule has 5 heterocycles. The summed E-state index contributed by atoms with van der Waals surface area (Å²) in [6.45, 7) is 16.2. The first-order valence-corrected chi connectivity index (χ1v) is 20.0. The number of carbonyl (C=O) groups is 3. The van der Waals surface area contributed by atoms with E-state index < -0.39 is 124 Å². The summed E-state index contributed by atoms with van der Waals surface area (Å²) in [6, 6.07) is -0.659. The van der Waals surface area contributed by atoms with E-state index in [4.69, 9.17) is 82.2 Å². The number of esters is 1. The number of carbonyl (C=O) groups excluding carboxylic acids is 3.